The molecule has 2 rings (SSSR count). The van der Waals surface area contributed by atoms with Crippen molar-refractivity contribution in [1.82, 2.24) is 4.90 Å². The van der Waals surface area contributed by atoms with Gasteiger partial charge in [-0.2, -0.15) is 26.3 Å². The number of halogens is 6. The molecule has 0 radical (unpaired) electrons. The zero-order valence-corrected chi connectivity index (χ0v) is 11.5. The van der Waals surface area contributed by atoms with E-state index >= 15 is 0 Å². The van der Waals surface area contributed by atoms with Crippen LogP contribution >= 0.6 is 0 Å². The molecule has 0 atom stereocenters. The van der Waals surface area contributed by atoms with Crippen LogP contribution in [0.2, 0.25) is 0 Å². The smallest absolute Gasteiger partial charge is 0.380 e. The lowest BCUT2D eigenvalue weighted by molar-refractivity contribution is -0.272. The maximum atomic E-state index is 12.7. The summed E-state index contributed by atoms with van der Waals surface area (Å²) in [5.74, 6) is 0. The Kier molecular flexibility index (Phi) is 4.45. The molecule has 1 fully saturated rings. The first kappa shape index (κ1) is 17.1. The topological polar surface area (TPSA) is 23.5 Å². The van der Waals surface area contributed by atoms with Gasteiger partial charge in [-0.1, -0.05) is 18.2 Å². The van der Waals surface area contributed by atoms with E-state index in [2.05, 4.69) is 0 Å². The lowest BCUT2D eigenvalue weighted by atomic mass is 9.90. The second-order valence-corrected chi connectivity index (χ2v) is 5.50. The van der Waals surface area contributed by atoms with Crippen LogP contribution in [-0.4, -0.2) is 34.9 Å². The minimum Gasteiger partial charge on any atom is -0.380 e. The molecule has 1 saturated heterocycles. The summed E-state index contributed by atoms with van der Waals surface area (Å²) in [6.45, 7) is 0.0797. The molecule has 0 aromatic heterocycles. The highest BCUT2D eigenvalue weighted by molar-refractivity contribution is 5.25. The van der Waals surface area contributed by atoms with Gasteiger partial charge in [-0.15, -0.1) is 0 Å². The lowest BCUT2D eigenvalue weighted by Gasteiger charge is -2.39. The average Bonchev–Trinajstić information content (AvgIpc) is 2.40. The Morgan fingerprint density at radius 3 is 2.14 bits per heavy atom. The fourth-order valence-electron chi connectivity index (χ4n) is 2.47. The van der Waals surface area contributed by atoms with Crippen LogP contribution in [0, 0.1) is 0 Å². The van der Waals surface area contributed by atoms with E-state index in [4.69, 9.17) is 0 Å². The Morgan fingerprint density at radius 2 is 1.64 bits per heavy atom. The van der Waals surface area contributed by atoms with E-state index < -0.39 is 36.4 Å². The molecule has 0 bridgehead atoms. The van der Waals surface area contributed by atoms with Gasteiger partial charge in [0, 0.05) is 19.6 Å². The number of likely N-dealkylation sites (tertiary alicyclic amines) is 1. The molecule has 2 nitrogen and oxygen atoms in total. The summed E-state index contributed by atoms with van der Waals surface area (Å²) >= 11 is 0. The maximum absolute atomic E-state index is 12.7. The number of aliphatic hydroxyl groups is 1. The molecule has 124 valence electrons. The fourth-order valence-corrected chi connectivity index (χ4v) is 2.47. The molecule has 0 saturated carbocycles. The first-order chi connectivity index (χ1) is 10.0. The largest absolute Gasteiger partial charge is 0.417 e. The maximum Gasteiger partial charge on any atom is 0.417 e. The summed E-state index contributed by atoms with van der Waals surface area (Å²) in [6, 6.07) is 4.71. The normalized spacial score (nSPS) is 20.1. The summed E-state index contributed by atoms with van der Waals surface area (Å²) in [5.41, 5.74) is -3.10. The van der Waals surface area contributed by atoms with Crippen molar-refractivity contribution in [2.24, 2.45) is 0 Å². The van der Waals surface area contributed by atoms with E-state index in [1.54, 1.807) is 4.90 Å². The van der Waals surface area contributed by atoms with Crippen molar-refractivity contribution in [3.63, 3.8) is 0 Å². The molecule has 1 heterocycles. The van der Waals surface area contributed by atoms with Gasteiger partial charge in [-0.05, 0) is 24.5 Å². The third-order valence-corrected chi connectivity index (χ3v) is 3.87. The first-order valence-corrected chi connectivity index (χ1v) is 6.69. The number of hydrogen-bond acceptors (Lipinski definition) is 2. The quantitative estimate of drug-likeness (QED) is 0.839. The number of hydrogen-bond donors (Lipinski definition) is 1. The summed E-state index contributed by atoms with van der Waals surface area (Å²) in [5, 5.41) is 9.54. The molecule has 1 aromatic rings. The molecule has 0 amide bonds. The van der Waals surface area contributed by atoms with Gasteiger partial charge in [-0.3, -0.25) is 4.90 Å². The van der Waals surface area contributed by atoms with Gasteiger partial charge in [-0.25, -0.2) is 0 Å². The van der Waals surface area contributed by atoms with Crippen LogP contribution in [0.1, 0.15) is 24.0 Å². The van der Waals surface area contributed by atoms with Crippen LogP contribution in [0.5, 0.6) is 0 Å². The molecule has 0 aliphatic carbocycles. The van der Waals surface area contributed by atoms with Crippen LogP contribution in [0.4, 0.5) is 26.3 Å². The van der Waals surface area contributed by atoms with Crippen LogP contribution < -0.4 is 0 Å². The molecule has 0 unspecified atom stereocenters. The zero-order chi connectivity index (χ0) is 16.6. The number of piperidine rings is 1. The molecule has 8 heteroatoms. The lowest BCUT2D eigenvalue weighted by Crippen LogP contribution is -2.53. The summed E-state index contributed by atoms with van der Waals surface area (Å²) in [6.07, 6.45) is -10.1. The Bertz CT molecular complexity index is 517. The van der Waals surface area contributed by atoms with Gasteiger partial charge in [0.25, 0.3) is 0 Å². The van der Waals surface area contributed by atoms with E-state index in [9.17, 15) is 31.4 Å². The third-order valence-electron chi connectivity index (χ3n) is 3.87. The Labute approximate surface area is 123 Å². The summed E-state index contributed by atoms with van der Waals surface area (Å²) in [7, 11) is 0. The number of alkyl halides is 6. The standard InChI is InChI=1S/C14H15F6NO/c15-13(16,17)11-3-1-2-10(8-11)9-21-6-4-12(22,5-7-21)14(18,19)20/h1-3,8,22H,4-7,9H2. The average molecular weight is 327 g/mol. The minimum atomic E-state index is -4.69. The Hall–Kier alpha value is -1.28. The molecule has 0 spiro atoms. The molecular formula is C14H15F6NO. The minimum absolute atomic E-state index is 0.0216. The van der Waals surface area contributed by atoms with Gasteiger partial charge >= 0.3 is 12.4 Å². The highest BCUT2D eigenvalue weighted by Gasteiger charge is 2.54. The van der Waals surface area contributed by atoms with Gasteiger partial charge < -0.3 is 5.11 Å². The highest BCUT2D eigenvalue weighted by Crippen LogP contribution is 2.38. The van der Waals surface area contributed by atoms with Crippen LogP contribution in [0.15, 0.2) is 24.3 Å². The zero-order valence-electron chi connectivity index (χ0n) is 11.5. The molecule has 1 aliphatic rings. The van der Waals surface area contributed by atoms with Gasteiger partial charge in [0.15, 0.2) is 5.60 Å². The van der Waals surface area contributed by atoms with Crippen molar-refractivity contribution in [3.8, 4) is 0 Å². The predicted octanol–water partition coefficient (Wildman–Crippen LogP) is 3.59. The van der Waals surface area contributed by atoms with Crippen molar-refractivity contribution < 1.29 is 31.4 Å². The molecule has 1 aliphatic heterocycles. The van der Waals surface area contributed by atoms with E-state index in [1.807, 2.05) is 0 Å². The van der Waals surface area contributed by atoms with Crippen molar-refractivity contribution in [3.05, 3.63) is 35.4 Å². The third kappa shape index (κ3) is 3.73. The molecule has 1 aromatic carbocycles. The second kappa shape index (κ2) is 5.73. The number of rotatable bonds is 2. The summed E-state index contributed by atoms with van der Waals surface area (Å²) < 4.78 is 75.8. The van der Waals surface area contributed by atoms with Gasteiger partial charge in [0.1, 0.15) is 0 Å². The monoisotopic (exact) mass is 327 g/mol. The fraction of sp³-hybridized carbons (Fsp3) is 0.571. The van der Waals surface area contributed by atoms with Crippen LogP contribution in [0.25, 0.3) is 0 Å². The summed E-state index contributed by atoms with van der Waals surface area (Å²) in [4.78, 5) is 1.61. The van der Waals surface area contributed by atoms with Crippen molar-refractivity contribution in [1.29, 1.82) is 0 Å². The van der Waals surface area contributed by atoms with E-state index in [0.717, 1.165) is 12.1 Å². The van der Waals surface area contributed by atoms with Crippen molar-refractivity contribution >= 4 is 0 Å². The Morgan fingerprint density at radius 1 is 1.05 bits per heavy atom. The van der Waals surface area contributed by atoms with E-state index in [-0.39, 0.29) is 19.6 Å². The SMILES string of the molecule is OC1(C(F)(F)F)CCN(Cc2cccc(C(F)(F)F)c2)CC1. The van der Waals surface area contributed by atoms with Crippen molar-refractivity contribution in [2.45, 2.75) is 37.3 Å². The molecular weight excluding hydrogens is 312 g/mol. The van der Waals surface area contributed by atoms with Crippen LogP contribution in [-0.2, 0) is 12.7 Å². The van der Waals surface area contributed by atoms with Crippen molar-refractivity contribution in [2.75, 3.05) is 13.1 Å². The van der Waals surface area contributed by atoms with Gasteiger partial charge in [0.05, 0.1) is 5.56 Å². The molecule has 22 heavy (non-hydrogen) atoms. The number of nitrogens with zero attached hydrogens (tertiary/aromatic N) is 1. The second-order valence-electron chi connectivity index (χ2n) is 5.50. The van der Waals surface area contributed by atoms with E-state index in [0.29, 0.717) is 5.56 Å². The Balaban J connectivity index is 2.00. The van der Waals surface area contributed by atoms with E-state index in [1.165, 1.54) is 12.1 Å². The molecule has 1 N–H and O–H groups in total. The predicted molar refractivity (Wildman–Crippen MR) is 67.0 cm³/mol. The van der Waals surface area contributed by atoms with Crippen LogP contribution in [0.3, 0.4) is 0 Å². The number of benzene rings is 1. The highest BCUT2D eigenvalue weighted by atomic mass is 19.4. The van der Waals surface area contributed by atoms with Gasteiger partial charge in [0.2, 0.25) is 0 Å². The first-order valence-electron chi connectivity index (χ1n) is 6.69.